The van der Waals surface area contributed by atoms with Crippen molar-refractivity contribution in [2.75, 3.05) is 27.3 Å². The molecule has 2 fully saturated rings. The van der Waals surface area contributed by atoms with Crippen LogP contribution in [0.5, 0.6) is 11.5 Å². The number of ether oxygens (including phenoxy) is 2. The highest BCUT2D eigenvalue weighted by atomic mass is 32.2. The lowest BCUT2D eigenvalue weighted by atomic mass is 10.1. The normalized spacial score (nSPS) is 25.7. The molecule has 0 aromatic heterocycles. The molecule has 3 rings (SSSR count). The first kappa shape index (κ1) is 15.6. The van der Waals surface area contributed by atoms with Crippen LogP contribution in [0.3, 0.4) is 0 Å². The van der Waals surface area contributed by atoms with Crippen molar-refractivity contribution in [2.24, 2.45) is 0 Å². The van der Waals surface area contributed by atoms with Gasteiger partial charge in [0.15, 0.2) is 4.90 Å². The molecule has 7 heteroatoms. The highest BCUT2D eigenvalue weighted by molar-refractivity contribution is 7.89. The van der Waals surface area contributed by atoms with E-state index >= 15 is 0 Å². The Kier molecular flexibility index (Phi) is 4.29. The molecule has 2 unspecified atom stereocenters. The molecule has 1 N–H and O–H groups in total. The largest absolute Gasteiger partial charge is 0.495 e. The summed E-state index contributed by atoms with van der Waals surface area (Å²) in [6, 6.07) is 5.70. The first-order valence-electron chi connectivity index (χ1n) is 7.53. The smallest absolute Gasteiger partial charge is 0.250 e. The lowest BCUT2D eigenvalue weighted by molar-refractivity contribution is 0.356. The van der Waals surface area contributed by atoms with Crippen LogP contribution in [0.4, 0.5) is 0 Å². The van der Waals surface area contributed by atoms with E-state index in [9.17, 15) is 8.42 Å². The molecule has 0 amide bonds. The maximum absolute atomic E-state index is 13.1. The standard InChI is InChI=1S/C15H22N2O4S/c1-20-13-4-3-5-14(21-2)15(13)22(18,19)17-9-8-11-6-7-12(10-17)16-11/h3-5,11-12,16H,6-10H2,1-2H3. The number of hydrogen-bond acceptors (Lipinski definition) is 5. The Bertz CT molecular complexity index is 625. The van der Waals surface area contributed by atoms with Gasteiger partial charge in [-0.2, -0.15) is 4.31 Å². The van der Waals surface area contributed by atoms with Crippen LogP contribution >= 0.6 is 0 Å². The zero-order valence-corrected chi connectivity index (χ0v) is 13.7. The summed E-state index contributed by atoms with van der Waals surface area (Å²) in [5.41, 5.74) is 0. The predicted molar refractivity (Wildman–Crippen MR) is 82.9 cm³/mol. The molecule has 0 aliphatic carbocycles. The number of nitrogens with zero attached hydrogens (tertiary/aromatic N) is 1. The van der Waals surface area contributed by atoms with E-state index in [0.717, 1.165) is 19.3 Å². The Morgan fingerprint density at radius 3 is 2.36 bits per heavy atom. The molecule has 0 spiro atoms. The van der Waals surface area contributed by atoms with Crippen LogP contribution in [0.15, 0.2) is 23.1 Å². The van der Waals surface area contributed by atoms with Crippen LogP contribution in [-0.2, 0) is 10.0 Å². The Morgan fingerprint density at radius 1 is 1.09 bits per heavy atom. The molecule has 2 aliphatic rings. The number of rotatable bonds is 4. The van der Waals surface area contributed by atoms with E-state index < -0.39 is 10.0 Å². The summed E-state index contributed by atoms with van der Waals surface area (Å²) >= 11 is 0. The first-order valence-corrected chi connectivity index (χ1v) is 8.97. The lowest BCUT2D eigenvalue weighted by Gasteiger charge is -2.25. The maximum atomic E-state index is 13.1. The van der Waals surface area contributed by atoms with Crippen molar-refractivity contribution in [1.82, 2.24) is 9.62 Å². The molecule has 0 saturated carbocycles. The van der Waals surface area contributed by atoms with Crippen LogP contribution in [0.2, 0.25) is 0 Å². The monoisotopic (exact) mass is 326 g/mol. The lowest BCUT2D eigenvalue weighted by Crippen LogP contribution is -2.39. The van der Waals surface area contributed by atoms with Gasteiger partial charge in [-0.15, -0.1) is 0 Å². The van der Waals surface area contributed by atoms with Crippen LogP contribution in [-0.4, -0.2) is 52.1 Å². The number of hydrogen-bond donors (Lipinski definition) is 1. The van der Waals surface area contributed by atoms with Gasteiger partial charge in [0, 0.05) is 25.2 Å². The van der Waals surface area contributed by atoms with Gasteiger partial charge in [-0.1, -0.05) is 6.07 Å². The van der Waals surface area contributed by atoms with E-state index in [1.807, 2.05) is 0 Å². The van der Waals surface area contributed by atoms with Gasteiger partial charge in [0.2, 0.25) is 0 Å². The Labute approximate surface area is 131 Å². The molecule has 1 aromatic carbocycles. The summed E-state index contributed by atoms with van der Waals surface area (Å²) in [6.07, 6.45) is 3.00. The Balaban J connectivity index is 1.99. The Morgan fingerprint density at radius 2 is 1.73 bits per heavy atom. The third-order valence-electron chi connectivity index (χ3n) is 4.47. The van der Waals surface area contributed by atoms with E-state index in [0.29, 0.717) is 30.6 Å². The van der Waals surface area contributed by atoms with Crippen LogP contribution in [0, 0.1) is 0 Å². The van der Waals surface area contributed by atoms with Crippen LogP contribution < -0.4 is 14.8 Å². The topological polar surface area (TPSA) is 67.9 Å². The zero-order chi connectivity index (χ0) is 15.7. The van der Waals surface area contributed by atoms with Crippen molar-refractivity contribution in [2.45, 2.75) is 36.2 Å². The molecule has 6 nitrogen and oxygen atoms in total. The molecule has 0 radical (unpaired) electrons. The third kappa shape index (κ3) is 2.68. The van der Waals surface area contributed by atoms with E-state index in [1.165, 1.54) is 14.2 Å². The summed E-state index contributed by atoms with van der Waals surface area (Å²) in [5, 5.41) is 3.49. The number of nitrogens with one attached hydrogen (secondary N) is 1. The van der Waals surface area contributed by atoms with Crippen molar-refractivity contribution in [1.29, 1.82) is 0 Å². The number of fused-ring (bicyclic) bond motifs is 2. The molecule has 2 atom stereocenters. The van der Waals surface area contributed by atoms with Crippen molar-refractivity contribution in [3.8, 4) is 11.5 Å². The molecule has 2 aliphatic heterocycles. The number of sulfonamides is 1. The zero-order valence-electron chi connectivity index (χ0n) is 12.9. The SMILES string of the molecule is COc1cccc(OC)c1S(=O)(=O)N1CCC2CCC(C1)N2. The fraction of sp³-hybridized carbons (Fsp3) is 0.600. The van der Waals surface area contributed by atoms with E-state index in [2.05, 4.69) is 5.32 Å². The van der Waals surface area contributed by atoms with Crippen molar-refractivity contribution in [3.05, 3.63) is 18.2 Å². The van der Waals surface area contributed by atoms with E-state index in [1.54, 1.807) is 22.5 Å². The van der Waals surface area contributed by atoms with Crippen molar-refractivity contribution < 1.29 is 17.9 Å². The molecular formula is C15H22N2O4S. The second kappa shape index (κ2) is 6.06. The molecule has 2 bridgehead atoms. The molecule has 22 heavy (non-hydrogen) atoms. The third-order valence-corrected chi connectivity index (χ3v) is 6.40. The van der Waals surface area contributed by atoms with Gasteiger partial charge in [0.05, 0.1) is 14.2 Å². The highest BCUT2D eigenvalue weighted by Crippen LogP contribution is 2.36. The van der Waals surface area contributed by atoms with Crippen LogP contribution in [0.25, 0.3) is 0 Å². The minimum absolute atomic E-state index is 0.123. The van der Waals surface area contributed by atoms with Gasteiger partial charge in [0.1, 0.15) is 11.5 Å². The van der Waals surface area contributed by atoms with Gasteiger partial charge in [0.25, 0.3) is 10.0 Å². The van der Waals surface area contributed by atoms with Gasteiger partial charge in [-0.05, 0) is 31.4 Å². The second-order valence-electron chi connectivity index (χ2n) is 5.78. The summed E-state index contributed by atoms with van der Waals surface area (Å²) in [6.45, 7) is 1.03. The van der Waals surface area contributed by atoms with E-state index in [-0.39, 0.29) is 10.9 Å². The van der Waals surface area contributed by atoms with Crippen LogP contribution in [0.1, 0.15) is 19.3 Å². The number of benzene rings is 1. The average Bonchev–Trinajstić information content (AvgIpc) is 2.84. The predicted octanol–water partition coefficient (Wildman–Crippen LogP) is 1.22. The minimum atomic E-state index is -3.65. The minimum Gasteiger partial charge on any atom is -0.495 e. The van der Waals surface area contributed by atoms with Crippen molar-refractivity contribution >= 4 is 10.0 Å². The van der Waals surface area contributed by atoms with Gasteiger partial charge < -0.3 is 14.8 Å². The summed E-state index contributed by atoms with van der Waals surface area (Å²) in [4.78, 5) is 0.123. The maximum Gasteiger partial charge on any atom is 0.250 e. The number of methoxy groups -OCH3 is 2. The average molecular weight is 326 g/mol. The quantitative estimate of drug-likeness (QED) is 0.901. The Hall–Kier alpha value is -1.31. The molecule has 1 aromatic rings. The fourth-order valence-corrected chi connectivity index (χ4v) is 5.12. The first-order chi connectivity index (χ1) is 10.6. The fourth-order valence-electron chi connectivity index (χ4n) is 3.33. The summed E-state index contributed by atoms with van der Waals surface area (Å²) in [5.74, 6) is 0.642. The van der Waals surface area contributed by atoms with Crippen molar-refractivity contribution in [3.63, 3.8) is 0 Å². The molecule has 2 heterocycles. The summed E-state index contributed by atoms with van der Waals surface area (Å²) in [7, 11) is -0.706. The van der Waals surface area contributed by atoms with Gasteiger partial charge in [-0.3, -0.25) is 0 Å². The second-order valence-corrected chi connectivity index (χ2v) is 7.66. The molecule has 122 valence electrons. The van der Waals surface area contributed by atoms with E-state index in [4.69, 9.17) is 9.47 Å². The highest BCUT2D eigenvalue weighted by Gasteiger charge is 2.37. The summed E-state index contributed by atoms with van der Waals surface area (Å²) < 4.78 is 38.3. The molecular weight excluding hydrogens is 304 g/mol. The van der Waals surface area contributed by atoms with Gasteiger partial charge in [-0.25, -0.2) is 8.42 Å². The molecule has 2 saturated heterocycles. The van der Waals surface area contributed by atoms with Gasteiger partial charge >= 0.3 is 0 Å².